The van der Waals surface area contributed by atoms with E-state index in [0.717, 1.165) is 23.8 Å². The summed E-state index contributed by atoms with van der Waals surface area (Å²) in [7, 11) is 0. The van der Waals surface area contributed by atoms with Gasteiger partial charge in [-0.25, -0.2) is 0 Å². The van der Waals surface area contributed by atoms with E-state index in [1.807, 2.05) is 24.3 Å². The third-order valence-electron chi connectivity index (χ3n) is 2.26. The molecule has 16 heavy (non-hydrogen) atoms. The molecule has 0 aliphatic heterocycles. The van der Waals surface area contributed by atoms with Crippen molar-refractivity contribution >= 4 is 11.6 Å². The SMILES string of the molecule is Clc1ccnc(CNCc2ccccc2)c1. The first-order valence-corrected chi connectivity index (χ1v) is 5.57. The highest BCUT2D eigenvalue weighted by molar-refractivity contribution is 6.30. The summed E-state index contributed by atoms with van der Waals surface area (Å²) in [6, 6.07) is 13.9. The minimum Gasteiger partial charge on any atom is -0.307 e. The Balaban J connectivity index is 1.85. The quantitative estimate of drug-likeness (QED) is 0.877. The molecule has 1 heterocycles. The zero-order valence-electron chi connectivity index (χ0n) is 8.86. The van der Waals surface area contributed by atoms with Gasteiger partial charge in [-0.15, -0.1) is 0 Å². The van der Waals surface area contributed by atoms with Crippen LogP contribution in [-0.2, 0) is 13.1 Å². The molecular weight excluding hydrogens is 220 g/mol. The largest absolute Gasteiger partial charge is 0.307 e. The smallest absolute Gasteiger partial charge is 0.0556 e. The first-order chi connectivity index (χ1) is 7.84. The Labute approximate surface area is 100 Å². The number of halogens is 1. The molecule has 0 amide bonds. The number of hydrogen-bond donors (Lipinski definition) is 1. The van der Waals surface area contributed by atoms with Gasteiger partial charge in [0.25, 0.3) is 0 Å². The summed E-state index contributed by atoms with van der Waals surface area (Å²) in [5, 5.41) is 4.05. The van der Waals surface area contributed by atoms with Crippen molar-refractivity contribution in [3.05, 3.63) is 64.9 Å². The van der Waals surface area contributed by atoms with Gasteiger partial charge in [-0.3, -0.25) is 4.98 Å². The van der Waals surface area contributed by atoms with Crippen LogP contribution in [0.2, 0.25) is 5.02 Å². The van der Waals surface area contributed by atoms with Gasteiger partial charge in [0, 0.05) is 24.3 Å². The maximum atomic E-state index is 5.87. The molecule has 0 aliphatic carbocycles. The molecule has 0 aliphatic rings. The van der Waals surface area contributed by atoms with E-state index in [0.29, 0.717) is 0 Å². The third kappa shape index (κ3) is 3.33. The van der Waals surface area contributed by atoms with Gasteiger partial charge < -0.3 is 5.32 Å². The van der Waals surface area contributed by atoms with Gasteiger partial charge in [0.2, 0.25) is 0 Å². The van der Waals surface area contributed by atoms with Crippen molar-refractivity contribution in [1.82, 2.24) is 10.3 Å². The summed E-state index contributed by atoms with van der Waals surface area (Å²) in [6.07, 6.45) is 1.72. The monoisotopic (exact) mass is 232 g/mol. The minimum absolute atomic E-state index is 0.728. The van der Waals surface area contributed by atoms with Crippen molar-refractivity contribution in [2.45, 2.75) is 13.1 Å². The lowest BCUT2D eigenvalue weighted by molar-refractivity contribution is 0.680. The van der Waals surface area contributed by atoms with Gasteiger partial charge in [-0.1, -0.05) is 41.9 Å². The number of nitrogens with zero attached hydrogens (tertiary/aromatic N) is 1. The number of nitrogens with one attached hydrogen (secondary N) is 1. The molecule has 1 aromatic heterocycles. The van der Waals surface area contributed by atoms with E-state index < -0.39 is 0 Å². The van der Waals surface area contributed by atoms with Crippen molar-refractivity contribution in [2.75, 3.05) is 0 Å². The van der Waals surface area contributed by atoms with E-state index in [1.54, 1.807) is 12.3 Å². The topological polar surface area (TPSA) is 24.9 Å². The number of hydrogen-bond acceptors (Lipinski definition) is 2. The molecule has 2 nitrogen and oxygen atoms in total. The van der Waals surface area contributed by atoms with Gasteiger partial charge >= 0.3 is 0 Å². The minimum atomic E-state index is 0.728. The molecular formula is C13H13ClN2. The fourth-order valence-corrected chi connectivity index (χ4v) is 1.66. The molecule has 0 radical (unpaired) electrons. The van der Waals surface area contributed by atoms with E-state index >= 15 is 0 Å². The molecule has 2 rings (SSSR count). The molecule has 3 heteroatoms. The van der Waals surface area contributed by atoms with Crippen molar-refractivity contribution < 1.29 is 0 Å². The molecule has 0 saturated carbocycles. The summed E-state index contributed by atoms with van der Waals surface area (Å²) in [4.78, 5) is 4.22. The second-order valence-corrected chi connectivity index (χ2v) is 3.99. The van der Waals surface area contributed by atoms with Gasteiger partial charge in [-0.2, -0.15) is 0 Å². The zero-order chi connectivity index (χ0) is 11.2. The van der Waals surface area contributed by atoms with Gasteiger partial charge in [-0.05, 0) is 17.7 Å². The summed E-state index contributed by atoms with van der Waals surface area (Å²) >= 11 is 5.87. The van der Waals surface area contributed by atoms with Gasteiger partial charge in [0.1, 0.15) is 0 Å². The number of benzene rings is 1. The lowest BCUT2D eigenvalue weighted by Crippen LogP contribution is -2.13. The van der Waals surface area contributed by atoms with E-state index in [4.69, 9.17) is 11.6 Å². The summed E-state index contributed by atoms with van der Waals surface area (Å²) in [5.41, 5.74) is 2.23. The van der Waals surface area contributed by atoms with Crippen LogP contribution in [0.4, 0.5) is 0 Å². The van der Waals surface area contributed by atoms with Crippen LogP contribution in [0, 0.1) is 0 Å². The first kappa shape index (κ1) is 11.1. The van der Waals surface area contributed by atoms with Crippen LogP contribution >= 0.6 is 11.6 Å². The van der Waals surface area contributed by atoms with Crippen molar-refractivity contribution in [1.29, 1.82) is 0 Å². The van der Waals surface area contributed by atoms with Crippen LogP contribution in [0.25, 0.3) is 0 Å². The molecule has 82 valence electrons. The normalized spacial score (nSPS) is 10.3. The fraction of sp³-hybridized carbons (Fsp3) is 0.154. The van der Waals surface area contributed by atoms with Crippen LogP contribution in [0.3, 0.4) is 0 Å². The maximum absolute atomic E-state index is 5.87. The molecule has 0 unspecified atom stereocenters. The van der Waals surface area contributed by atoms with Crippen molar-refractivity contribution in [3.63, 3.8) is 0 Å². The van der Waals surface area contributed by atoms with Crippen LogP contribution in [0.15, 0.2) is 48.7 Å². The Kier molecular flexibility index (Phi) is 3.91. The first-order valence-electron chi connectivity index (χ1n) is 5.20. The van der Waals surface area contributed by atoms with E-state index in [2.05, 4.69) is 22.4 Å². The van der Waals surface area contributed by atoms with E-state index in [-0.39, 0.29) is 0 Å². The van der Waals surface area contributed by atoms with Crippen LogP contribution < -0.4 is 5.32 Å². The number of aromatic nitrogens is 1. The highest BCUT2D eigenvalue weighted by Crippen LogP contribution is 2.07. The highest BCUT2D eigenvalue weighted by Gasteiger charge is 1.95. The molecule has 0 spiro atoms. The third-order valence-corrected chi connectivity index (χ3v) is 2.49. The fourth-order valence-electron chi connectivity index (χ4n) is 1.48. The van der Waals surface area contributed by atoms with Gasteiger partial charge in [0.05, 0.1) is 5.69 Å². The Morgan fingerprint density at radius 2 is 1.88 bits per heavy atom. The maximum Gasteiger partial charge on any atom is 0.0556 e. The van der Waals surface area contributed by atoms with Crippen molar-refractivity contribution in [3.8, 4) is 0 Å². The summed E-state index contributed by atoms with van der Waals surface area (Å²) in [6.45, 7) is 1.57. The summed E-state index contributed by atoms with van der Waals surface area (Å²) in [5.74, 6) is 0. The Hall–Kier alpha value is -1.38. The number of pyridine rings is 1. The molecule has 0 saturated heterocycles. The average molecular weight is 233 g/mol. The Morgan fingerprint density at radius 1 is 1.06 bits per heavy atom. The van der Waals surface area contributed by atoms with Crippen LogP contribution in [-0.4, -0.2) is 4.98 Å². The highest BCUT2D eigenvalue weighted by atomic mass is 35.5. The second kappa shape index (κ2) is 5.64. The Bertz CT molecular complexity index is 443. The standard InChI is InChI=1S/C13H13ClN2/c14-12-6-7-16-13(8-12)10-15-9-11-4-2-1-3-5-11/h1-8,15H,9-10H2. The second-order valence-electron chi connectivity index (χ2n) is 3.55. The average Bonchev–Trinajstić information content (AvgIpc) is 2.30. The van der Waals surface area contributed by atoms with Crippen LogP contribution in [0.1, 0.15) is 11.3 Å². The molecule has 1 aromatic carbocycles. The predicted molar refractivity (Wildman–Crippen MR) is 66.2 cm³/mol. The molecule has 1 N–H and O–H groups in total. The van der Waals surface area contributed by atoms with Crippen LogP contribution in [0.5, 0.6) is 0 Å². The molecule has 0 atom stereocenters. The summed E-state index contributed by atoms with van der Waals surface area (Å²) < 4.78 is 0. The molecule has 0 fully saturated rings. The van der Waals surface area contributed by atoms with Gasteiger partial charge in [0.15, 0.2) is 0 Å². The Morgan fingerprint density at radius 3 is 2.62 bits per heavy atom. The molecule has 2 aromatic rings. The van der Waals surface area contributed by atoms with Crippen molar-refractivity contribution in [2.24, 2.45) is 0 Å². The van der Waals surface area contributed by atoms with E-state index in [9.17, 15) is 0 Å². The van der Waals surface area contributed by atoms with E-state index in [1.165, 1.54) is 5.56 Å². The lowest BCUT2D eigenvalue weighted by atomic mass is 10.2. The molecule has 0 bridgehead atoms. The lowest BCUT2D eigenvalue weighted by Gasteiger charge is -2.04. The zero-order valence-corrected chi connectivity index (χ0v) is 9.61. The predicted octanol–water partition coefficient (Wildman–Crippen LogP) is 3.02. The number of rotatable bonds is 4.